The van der Waals surface area contributed by atoms with Crippen LogP contribution in [0.2, 0.25) is 0 Å². The first-order valence-corrected chi connectivity index (χ1v) is 5.13. The molecular formula is C11H20O2. The third kappa shape index (κ3) is 2.71. The number of carbonyl (C=O) groups is 1. The van der Waals surface area contributed by atoms with Gasteiger partial charge in [-0.1, -0.05) is 13.8 Å². The van der Waals surface area contributed by atoms with Gasteiger partial charge >= 0.3 is 5.97 Å². The minimum absolute atomic E-state index is 0.0266. The predicted octanol–water partition coefficient (Wildman–Crippen LogP) is 2.76. The van der Waals surface area contributed by atoms with Crippen molar-refractivity contribution in [1.82, 2.24) is 0 Å². The van der Waals surface area contributed by atoms with Gasteiger partial charge in [0.1, 0.15) is 6.10 Å². The summed E-state index contributed by atoms with van der Waals surface area (Å²) in [6.45, 7) is 8.32. The van der Waals surface area contributed by atoms with Crippen molar-refractivity contribution >= 4 is 5.97 Å². The molecule has 0 spiro atoms. The molecule has 1 fully saturated rings. The Morgan fingerprint density at radius 2 is 2.15 bits per heavy atom. The Morgan fingerprint density at radius 3 is 2.54 bits per heavy atom. The molecule has 0 N–H and O–H groups in total. The lowest BCUT2D eigenvalue weighted by Crippen LogP contribution is -2.16. The summed E-state index contributed by atoms with van der Waals surface area (Å²) in [7, 11) is 0. The van der Waals surface area contributed by atoms with Gasteiger partial charge in [0.15, 0.2) is 0 Å². The normalized spacial score (nSPS) is 26.5. The van der Waals surface area contributed by atoms with Gasteiger partial charge in [0, 0.05) is 0 Å². The molecule has 76 valence electrons. The van der Waals surface area contributed by atoms with E-state index >= 15 is 0 Å². The quantitative estimate of drug-likeness (QED) is 0.630. The van der Waals surface area contributed by atoms with E-state index in [1.54, 1.807) is 0 Å². The second kappa shape index (κ2) is 3.69. The summed E-state index contributed by atoms with van der Waals surface area (Å²) in [5, 5.41) is 0. The summed E-state index contributed by atoms with van der Waals surface area (Å²) < 4.78 is 5.29. The van der Waals surface area contributed by atoms with E-state index < -0.39 is 0 Å². The average Bonchev–Trinajstić information content (AvgIpc) is 2.22. The van der Waals surface area contributed by atoms with E-state index in [4.69, 9.17) is 4.74 Å². The van der Waals surface area contributed by atoms with E-state index in [9.17, 15) is 4.79 Å². The van der Waals surface area contributed by atoms with Crippen molar-refractivity contribution in [2.75, 3.05) is 0 Å². The Bertz CT molecular complexity index is 194. The molecule has 0 aromatic rings. The Hall–Kier alpha value is -0.530. The number of hydrogen-bond acceptors (Lipinski definition) is 2. The van der Waals surface area contributed by atoms with Gasteiger partial charge < -0.3 is 4.74 Å². The Morgan fingerprint density at radius 1 is 1.54 bits per heavy atom. The molecule has 0 aliphatic carbocycles. The van der Waals surface area contributed by atoms with Gasteiger partial charge in [-0.3, -0.25) is 4.79 Å². The number of carbonyl (C=O) groups excluding carboxylic acids is 1. The molecular weight excluding hydrogens is 164 g/mol. The van der Waals surface area contributed by atoms with Crippen LogP contribution in [-0.4, -0.2) is 12.1 Å². The molecule has 1 aliphatic heterocycles. The number of cyclic esters (lactones) is 1. The molecule has 0 radical (unpaired) electrons. The number of esters is 1. The second-order valence-electron chi connectivity index (χ2n) is 5.09. The Kier molecular flexibility index (Phi) is 2.99. The molecule has 0 saturated carbocycles. The molecule has 1 atom stereocenters. The lowest BCUT2D eigenvalue weighted by atomic mass is 9.88. The van der Waals surface area contributed by atoms with Gasteiger partial charge in [0.2, 0.25) is 0 Å². The number of hydrogen-bond donors (Lipinski definition) is 0. The van der Waals surface area contributed by atoms with Crippen LogP contribution >= 0.6 is 0 Å². The zero-order chi connectivity index (χ0) is 10.1. The third-order valence-electron chi connectivity index (χ3n) is 2.63. The zero-order valence-corrected chi connectivity index (χ0v) is 9.09. The molecule has 1 aliphatic rings. The van der Waals surface area contributed by atoms with Crippen molar-refractivity contribution in [3.05, 3.63) is 0 Å². The van der Waals surface area contributed by atoms with Crippen molar-refractivity contribution in [3.8, 4) is 0 Å². The van der Waals surface area contributed by atoms with Crippen LogP contribution in [-0.2, 0) is 9.53 Å². The summed E-state index contributed by atoms with van der Waals surface area (Å²) in [6.07, 6.45) is 3.23. The van der Waals surface area contributed by atoms with Crippen molar-refractivity contribution in [3.63, 3.8) is 0 Å². The van der Waals surface area contributed by atoms with E-state index in [0.717, 1.165) is 19.3 Å². The number of rotatable bonds is 3. The predicted molar refractivity (Wildman–Crippen MR) is 52.4 cm³/mol. The molecule has 2 heteroatoms. The molecule has 1 saturated heterocycles. The van der Waals surface area contributed by atoms with E-state index in [1.807, 2.05) is 13.8 Å². The van der Waals surface area contributed by atoms with Gasteiger partial charge in [0.25, 0.3) is 0 Å². The molecule has 0 aromatic carbocycles. The van der Waals surface area contributed by atoms with Crippen LogP contribution in [0.4, 0.5) is 0 Å². The van der Waals surface area contributed by atoms with Gasteiger partial charge in [-0.2, -0.15) is 0 Å². The summed E-state index contributed by atoms with van der Waals surface area (Å²) in [5.74, 6) is 0.670. The maximum absolute atomic E-state index is 11.3. The van der Waals surface area contributed by atoms with Crippen molar-refractivity contribution < 1.29 is 9.53 Å². The SMILES string of the molecule is CC(C)CCC1CC(C)(C)C(=O)O1. The summed E-state index contributed by atoms with van der Waals surface area (Å²) in [4.78, 5) is 11.3. The van der Waals surface area contributed by atoms with E-state index in [1.165, 1.54) is 0 Å². The standard InChI is InChI=1S/C11H20O2/c1-8(2)5-6-9-7-11(3,4)10(12)13-9/h8-9H,5-7H2,1-4H3. The minimum Gasteiger partial charge on any atom is -0.462 e. The first kappa shape index (κ1) is 10.6. The molecule has 1 heterocycles. The van der Waals surface area contributed by atoms with Gasteiger partial charge in [-0.15, -0.1) is 0 Å². The van der Waals surface area contributed by atoms with Crippen LogP contribution in [0.5, 0.6) is 0 Å². The molecule has 0 bridgehead atoms. The lowest BCUT2D eigenvalue weighted by Gasteiger charge is -2.11. The van der Waals surface area contributed by atoms with E-state index in [2.05, 4.69) is 13.8 Å². The maximum atomic E-state index is 11.3. The highest BCUT2D eigenvalue weighted by Gasteiger charge is 2.40. The molecule has 0 aromatic heterocycles. The fraction of sp³-hybridized carbons (Fsp3) is 0.909. The highest BCUT2D eigenvalue weighted by molar-refractivity contribution is 5.78. The largest absolute Gasteiger partial charge is 0.462 e. The van der Waals surface area contributed by atoms with E-state index in [-0.39, 0.29) is 17.5 Å². The molecule has 13 heavy (non-hydrogen) atoms. The second-order valence-corrected chi connectivity index (χ2v) is 5.09. The lowest BCUT2D eigenvalue weighted by molar-refractivity contribution is -0.147. The van der Waals surface area contributed by atoms with Gasteiger partial charge in [-0.25, -0.2) is 0 Å². The van der Waals surface area contributed by atoms with Crippen molar-refractivity contribution in [2.24, 2.45) is 11.3 Å². The molecule has 2 nitrogen and oxygen atoms in total. The maximum Gasteiger partial charge on any atom is 0.311 e. The number of ether oxygens (including phenoxy) is 1. The first-order chi connectivity index (χ1) is 5.92. The molecule has 1 rings (SSSR count). The smallest absolute Gasteiger partial charge is 0.311 e. The van der Waals surface area contributed by atoms with Crippen molar-refractivity contribution in [2.45, 2.75) is 53.1 Å². The first-order valence-electron chi connectivity index (χ1n) is 5.13. The summed E-state index contributed by atoms with van der Waals surface area (Å²) >= 11 is 0. The van der Waals surface area contributed by atoms with E-state index in [0.29, 0.717) is 5.92 Å². The Balaban J connectivity index is 2.37. The minimum atomic E-state index is -0.248. The summed E-state index contributed by atoms with van der Waals surface area (Å²) in [5.41, 5.74) is -0.248. The van der Waals surface area contributed by atoms with Crippen LogP contribution in [0.1, 0.15) is 47.0 Å². The van der Waals surface area contributed by atoms with Crippen LogP contribution in [0.25, 0.3) is 0 Å². The third-order valence-corrected chi connectivity index (χ3v) is 2.63. The van der Waals surface area contributed by atoms with Gasteiger partial charge in [0.05, 0.1) is 5.41 Å². The topological polar surface area (TPSA) is 26.3 Å². The van der Waals surface area contributed by atoms with Crippen LogP contribution in [0, 0.1) is 11.3 Å². The molecule has 0 amide bonds. The highest BCUT2D eigenvalue weighted by Crippen LogP contribution is 2.35. The zero-order valence-electron chi connectivity index (χ0n) is 9.09. The Labute approximate surface area is 80.7 Å². The fourth-order valence-corrected chi connectivity index (χ4v) is 1.69. The molecule has 1 unspecified atom stereocenters. The van der Waals surface area contributed by atoms with Crippen LogP contribution < -0.4 is 0 Å². The van der Waals surface area contributed by atoms with Crippen LogP contribution in [0.3, 0.4) is 0 Å². The average molecular weight is 184 g/mol. The monoisotopic (exact) mass is 184 g/mol. The van der Waals surface area contributed by atoms with Crippen molar-refractivity contribution in [1.29, 1.82) is 0 Å². The highest BCUT2D eigenvalue weighted by atomic mass is 16.6. The summed E-state index contributed by atoms with van der Waals surface area (Å²) in [6, 6.07) is 0. The van der Waals surface area contributed by atoms with Crippen LogP contribution in [0.15, 0.2) is 0 Å². The van der Waals surface area contributed by atoms with Gasteiger partial charge in [-0.05, 0) is 39.0 Å². The fourth-order valence-electron chi connectivity index (χ4n) is 1.69.